The second-order valence-electron chi connectivity index (χ2n) is 3.47. The van der Waals surface area contributed by atoms with Crippen LogP contribution in [0, 0.1) is 5.92 Å². The quantitative estimate of drug-likeness (QED) is 0.501. The first kappa shape index (κ1) is 7.39. The van der Waals surface area contributed by atoms with E-state index in [0.717, 1.165) is 18.9 Å². The van der Waals surface area contributed by atoms with E-state index in [0.29, 0.717) is 5.92 Å². The minimum absolute atomic E-state index is 0.558. The Morgan fingerprint density at radius 2 is 2.18 bits per heavy atom. The molecule has 1 rings (SSSR count). The Morgan fingerprint density at radius 1 is 1.36 bits per heavy atom. The van der Waals surface area contributed by atoms with Crippen molar-refractivity contribution in [1.82, 2.24) is 0 Å². The Kier molecular flexibility index (Phi) is 3.63. The van der Waals surface area contributed by atoms with Crippen molar-refractivity contribution in [2.24, 2.45) is 5.92 Å². The lowest BCUT2D eigenvalue weighted by molar-refractivity contribution is 0.523. The van der Waals surface area contributed by atoms with Crippen LogP contribution in [-0.2, 0) is 0 Å². The number of hydrogen-bond donors (Lipinski definition) is 0. The predicted octanol–water partition coefficient (Wildman–Crippen LogP) is 3.92. The van der Waals surface area contributed by atoms with Crippen molar-refractivity contribution >= 4 is 0 Å². The Hall–Kier alpha value is -0.260. The highest BCUT2D eigenvalue weighted by atomic mass is 14.1. The second kappa shape index (κ2) is 5.40. The summed E-state index contributed by atoms with van der Waals surface area (Å²) in [5, 5.41) is 0. The van der Waals surface area contributed by atoms with Crippen LogP contribution >= 0.6 is 0 Å². The number of rotatable bonds is 1. The van der Waals surface area contributed by atoms with Crippen molar-refractivity contribution in [1.29, 1.82) is 0 Å². The average molecular weight is 153 g/mol. The summed E-state index contributed by atoms with van der Waals surface area (Å²) < 4.78 is 7.82. The molecule has 0 spiro atoms. The molecule has 1 aliphatic carbocycles. The summed E-state index contributed by atoms with van der Waals surface area (Å²) in [5.74, 6) is 0.558. The summed E-state index contributed by atoms with van der Waals surface area (Å²) in [7, 11) is 0. The Morgan fingerprint density at radius 3 is 3.00 bits per heavy atom. The molecule has 0 nitrogen and oxygen atoms in total. The number of hydrogen-bond acceptors (Lipinski definition) is 0. The molecule has 0 aliphatic heterocycles. The largest absolute Gasteiger partial charge is 0.0883 e. The molecule has 11 heavy (non-hydrogen) atoms. The fraction of sp³-hybridized carbons (Fsp3) is 0.818. The zero-order chi connectivity index (χ0) is 8.81. The van der Waals surface area contributed by atoms with Crippen LogP contribution in [-0.4, -0.2) is 0 Å². The fourth-order valence-electron chi connectivity index (χ4n) is 1.65. The van der Waals surface area contributed by atoms with Gasteiger partial charge in [0.2, 0.25) is 0 Å². The molecule has 1 atom stereocenters. The van der Waals surface area contributed by atoms with Gasteiger partial charge in [0.25, 0.3) is 0 Å². The molecule has 0 amide bonds. The smallest absolute Gasteiger partial charge is 0.0575 e. The lowest BCUT2D eigenvalue weighted by Gasteiger charge is -2.07. The van der Waals surface area contributed by atoms with Crippen LogP contribution in [0.1, 0.15) is 53.2 Å². The molecule has 0 heterocycles. The molecule has 0 aromatic rings. The van der Waals surface area contributed by atoms with Crippen molar-refractivity contribution in [2.45, 2.75) is 51.9 Å². The van der Waals surface area contributed by atoms with Gasteiger partial charge in [0, 0.05) is 0 Å². The van der Waals surface area contributed by atoms with Gasteiger partial charge in [0.05, 0.1) is 1.37 Å². The summed E-state index contributed by atoms with van der Waals surface area (Å²) in [5.41, 5.74) is 0. The molecule has 0 aromatic carbocycles. The van der Waals surface area contributed by atoms with E-state index >= 15 is 0 Å². The van der Waals surface area contributed by atoms with Crippen molar-refractivity contribution in [3.8, 4) is 0 Å². The molecule has 0 saturated heterocycles. The summed E-state index contributed by atoms with van der Waals surface area (Å²) in [6, 6.07) is 0.902. The van der Waals surface area contributed by atoms with Gasteiger partial charge in [-0.15, -0.1) is 0 Å². The van der Waals surface area contributed by atoms with Gasteiger partial charge < -0.3 is 0 Å². The van der Waals surface area contributed by atoms with E-state index in [1.807, 2.05) is 0 Å². The molecule has 1 aliphatic rings. The highest BCUT2D eigenvalue weighted by Gasteiger charge is 2.02. The van der Waals surface area contributed by atoms with Gasteiger partial charge in [-0.1, -0.05) is 38.3 Å². The van der Waals surface area contributed by atoms with Crippen molar-refractivity contribution in [3.05, 3.63) is 12.1 Å². The second-order valence-corrected chi connectivity index (χ2v) is 3.47. The van der Waals surface area contributed by atoms with Gasteiger partial charge in [-0.3, -0.25) is 0 Å². The predicted molar refractivity (Wildman–Crippen MR) is 50.6 cm³/mol. The monoisotopic (exact) mass is 153 g/mol. The van der Waals surface area contributed by atoms with Crippen LogP contribution in [0.25, 0.3) is 0 Å². The standard InChI is InChI=1S/C11H20/c1-2-11-9-7-5-3-4-6-8-10-11/h7,9,11H,2-6,8,10H2,1H3/b9-7-/i9D. The maximum Gasteiger partial charge on any atom is 0.0575 e. The van der Waals surface area contributed by atoms with E-state index in [9.17, 15) is 0 Å². The Bertz CT molecular complexity index is 149. The van der Waals surface area contributed by atoms with Gasteiger partial charge in [-0.05, 0) is 31.6 Å². The third-order valence-corrected chi connectivity index (χ3v) is 2.50. The topological polar surface area (TPSA) is 0 Å². The first-order chi connectivity index (χ1) is 5.84. The Balaban J connectivity index is 2.49. The molecular weight excluding hydrogens is 132 g/mol. The van der Waals surface area contributed by atoms with E-state index in [2.05, 4.69) is 13.0 Å². The zero-order valence-corrected chi connectivity index (χ0v) is 7.60. The van der Waals surface area contributed by atoms with Crippen molar-refractivity contribution in [2.75, 3.05) is 0 Å². The van der Waals surface area contributed by atoms with Crippen LogP contribution in [0.3, 0.4) is 0 Å². The fourth-order valence-corrected chi connectivity index (χ4v) is 1.65. The molecule has 0 radical (unpaired) electrons. The molecule has 0 saturated carbocycles. The lowest BCUT2D eigenvalue weighted by atomic mass is 9.99. The highest BCUT2D eigenvalue weighted by Crippen LogP contribution is 2.18. The van der Waals surface area contributed by atoms with E-state index in [1.165, 1.54) is 32.1 Å². The minimum atomic E-state index is 0.558. The summed E-state index contributed by atoms with van der Waals surface area (Å²) in [4.78, 5) is 0. The summed E-state index contributed by atoms with van der Waals surface area (Å²) in [6.45, 7) is 2.20. The first-order valence-electron chi connectivity index (χ1n) is 5.51. The summed E-state index contributed by atoms with van der Waals surface area (Å²) >= 11 is 0. The molecule has 0 heteroatoms. The van der Waals surface area contributed by atoms with E-state index in [4.69, 9.17) is 1.37 Å². The van der Waals surface area contributed by atoms with Gasteiger partial charge in [0.1, 0.15) is 0 Å². The minimum Gasteiger partial charge on any atom is -0.0883 e. The molecule has 0 fully saturated rings. The Labute approximate surface area is 72.1 Å². The van der Waals surface area contributed by atoms with Gasteiger partial charge in [-0.2, -0.15) is 0 Å². The van der Waals surface area contributed by atoms with Crippen LogP contribution in [0.4, 0.5) is 0 Å². The normalized spacial score (nSPS) is 34.1. The average Bonchev–Trinajstić information content (AvgIpc) is 2.17. The molecule has 1 unspecified atom stereocenters. The van der Waals surface area contributed by atoms with E-state index in [1.54, 1.807) is 0 Å². The maximum atomic E-state index is 7.82. The number of allylic oxidation sites excluding steroid dienone is 2. The van der Waals surface area contributed by atoms with E-state index in [-0.39, 0.29) is 0 Å². The van der Waals surface area contributed by atoms with E-state index < -0.39 is 0 Å². The van der Waals surface area contributed by atoms with Crippen LogP contribution in [0.15, 0.2) is 12.1 Å². The molecular formula is C11H20. The van der Waals surface area contributed by atoms with Crippen molar-refractivity contribution < 1.29 is 1.37 Å². The zero-order valence-electron chi connectivity index (χ0n) is 8.60. The molecule has 0 aromatic heterocycles. The highest BCUT2D eigenvalue weighted by molar-refractivity contribution is 4.88. The molecule has 0 bridgehead atoms. The van der Waals surface area contributed by atoms with Crippen molar-refractivity contribution in [3.63, 3.8) is 0 Å². The van der Waals surface area contributed by atoms with Crippen LogP contribution in [0.2, 0.25) is 0 Å². The van der Waals surface area contributed by atoms with Crippen LogP contribution < -0.4 is 0 Å². The third kappa shape index (κ3) is 3.60. The van der Waals surface area contributed by atoms with Gasteiger partial charge in [-0.25, -0.2) is 0 Å². The lowest BCUT2D eigenvalue weighted by Crippen LogP contribution is -1.92. The van der Waals surface area contributed by atoms with Gasteiger partial charge in [0.15, 0.2) is 0 Å². The molecule has 0 N–H and O–H groups in total. The van der Waals surface area contributed by atoms with Gasteiger partial charge >= 0.3 is 0 Å². The summed E-state index contributed by atoms with van der Waals surface area (Å²) in [6.07, 6.45) is 11.0. The SMILES string of the molecule is [2H]/C1=C/CCCCCCC1CC. The molecule has 64 valence electrons. The van der Waals surface area contributed by atoms with Crippen LogP contribution in [0.5, 0.6) is 0 Å². The third-order valence-electron chi connectivity index (χ3n) is 2.50. The maximum absolute atomic E-state index is 7.82. The first-order valence-corrected chi connectivity index (χ1v) is 5.01.